The van der Waals surface area contributed by atoms with Gasteiger partial charge in [0.15, 0.2) is 0 Å². The van der Waals surface area contributed by atoms with Crippen LogP contribution in [-0.4, -0.2) is 32.7 Å². The molecular weight excluding hydrogens is 124 g/mol. The lowest BCUT2D eigenvalue weighted by Crippen LogP contribution is -2.58. The summed E-state index contributed by atoms with van der Waals surface area (Å²) in [5.41, 5.74) is 0. The third-order valence-corrected chi connectivity index (χ3v) is 3.03. The number of rotatable bonds is 1. The van der Waals surface area contributed by atoms with E-state index in [9.17, 15) is 0 Å². The topological polar surface area (TPSA) is 17.9 Å². The molecule has 3 saturated heterocycles. The van der Waals surface area contributed by atoms with Crippen molar-refractivity contribution in [3.63, 3.8) is 0 Å². The first-order valence-electron chi connectivity index (χ1n) is 4.30. The van der Waals surface area contributed by atoms with Crippen LogP contribution in [0.2, 0.25) is 0 Å². The zero-order valence-electron chi connectivity index (χ0n) is 6.64. The van der Waals surface area contributed by atoms with E-state index in [0.717, 1.165) is 12.0 Å². The number of hydrogen-bond acceptors (Lipinski definition) is 2. The third-order valence-electron chi connectivity index (χ3n) is 3.03. The number of nitrogens with zero attached hydrogens (tertiary/aromatic N) is 1. The maximum Gasteiger partial charge on any atom is 0.138 e. The van der Waals surface area contributed by atoms with Crippen LogP contribution >= 0.6 is 0 Å². The van der Waals surface area contributed by atoms with Gasteiger partial charge in [0.2, 0.25) is 0 Å². The summed E-state index contributed by atoms with van der Waals surface area (Å²) in [6.45, 7) is 3.99. The first-order chi connectivity index (χ1) is 4.90. The van der Waals surface area contributed by atoms with Crippen molar-refractivity contribution in [2.24, 2.45) is 5.92 Å². The van der Waals surface area contributed by atoms with Gasteiger partial charge in [-0.15, -0.1) is 0 Å². The summed E-state index contributed by atoms with van der Waals surface area (Å²) in [5.74, 6) is 0.981. The highest BCUT2D eigenvalue weighted by Gasteiger charge is 2.39. The van der Waals surface area contributed by atoms with E-state index in [1.165, 1.54) is 32.5 Å². The number of hydrogen-bond donors (Lipinski definition) is 1. The van der Waals surface area contributed by atoms with E-state index in [0.29, 0.717) is 0 Å². The molecule has 0 spiro atoms. The molecule has 0 aliphatic carbocycles. The lowest BCUT2D eigenvalue weighted by atomic mass is 9.84. The Morgan fingerprint density at radius 2 is 2.00 bits per heavy atom. The smallest absolute Gasteiger partial charge is 0.138 e. The summed E-state index contributed by atoms with van der Waals surface area (Å²) in [6.07, 6.45) is 2.84. The predicted molar refractivity (Wildman–Crippen MR) is 42.3 cm³/mol. The van der Waals surface area contributed by atoms with Crippen LogP contribution in [0.3, 0.4) is 0 Å². The molecule has 2 bridgehead atoms. The number of nitrogens with one attached hydrogen (secondary N) is 1. The summed E-state index contributed by atoms with van der Waals surface area (Å²) >= 11 is 0. The highest BCUT2D eigenvalue weighted by atomic mass is 15.2. The van der Waals surface area contributed by atoms with Gasteiger partial charge in [0.1, 0.15) is 19.6 Å². The highest BCUT2D eigenvalue weighted by molar-refractivity contribution is 4.92. The van der Waals surface area contributed by atoms with E-state index in [4.69, 9.17) is 0 Å². The van der Waals surface area contributed by atoms with E-state index in [1.807, 2.05) is 0 Å². The molecule has 0 aromatic rings. The highest BCUT2D eigenvalue weighted by Crippen LogP contribution is 2.25. The Morgan fingerprint density at radius 3 is 2.30 bits per heavy atom. The van der Waals surface area contributed by atoms with Crippen LogP contribution in [-0.2, 0) is 0 Å². The summed E-state index contributed by atoms with van der Waals surface area (Å²) in [7, 11) is 2.09. The Balaban J connectivity index is 2.01. The number of likely N-dealkylation sites (N-methyl/N-ethyl adjacent to an activating group) is 1. The number of fused-ring (bicyclic) bond motifs is 3. The van der Waals surface area contributed by atoms with Gasteiger partial charge in [-0.1, -0.05) is 0 Å². The second-order valence-electron chi connectivity index (χ2n) is 3.53. The Labute approximate surface area is 62.6 Å². The normalized spacial score (nSPS) is 45.9. The molecule has 2 nitrogen and oxygen atoms in total. The van der Waals surface area contributed by atoms with Gasteiger partial charge < -0.3 is 5.32 Å². The Hall–Kier alpha value is -0.0800. The third kappa shape index (κ3) is 0.956. The maximum absolute atomic E-state index is 3.39. The molecule has 2 heteroatoms. The number of piperidine rings is 3. The summed E-state index contributed by atoms with van der Waals surface area (Å²) in [6, 6.07) is 0.794. The molecule has 10 heavy (non-hydrogen) atoms. The molecule has 1 unspecified atom stereocenters. The van der Waals surface area contributed by atoms with E-state index in [2.05, 4.69) is 17.3 Å². The average Bonchev–Trinajstić information content (AvgIpc) is 2.06. The molecule has 0 aromatic heterocycles. The molecule has 0 amide bonds. The van der Waals surface area contributed by atoms with Crippen molar-refractivity contribution in [1.82, 2.24) is 10.2 Å². The van der Waals surface area contributed by atoms with Crippen LogP contribution in [0, 0.1) is 5.92 Å². The average molecular weight is 140 g/mol. The summed E-state index contributed by atoms with van der Waals surface area (Å²) < 4.78 is 0. The molecule has 57 valence electrons. The van der Waals surface area contributed by atoms with Gasteiger partial charge in [-0.05, 0) is 13.0 Å². The lowest BCUT2D eigenvalue weighted by Gasteiger charge is -2.37. The molecule has 1 N–H and O–H groups in total. The van der Waals surface area contributed by atoms with Gasteiger partial charge in [-0.3, -0.25) is 0 Å². The zero-order chi connectivity index (χ0) is 6.97. The zero-order valence-corrected chi connectivity index (χ0v) is 6.64. The van der Waals surface area contributed by atoms with Gasteiger partial charge in [-0.25, -0.2) is 0 Å². The summed E-state index contributed by atoms with van der Waals surface area (Å²) in [5, 5.41) is 3.39. The van der Waals surface area contributed by atoms with Gasteiger partial charge in [-0.2, -0.15) is 4.90 Å². The molecular formula is C8H16N2+. The first-order valence-corrected chi connectivity index (χ1v) is 4.30. The van der Waals surface area contributed by atoms with Crippen LogP contribution in [0.5, 0.6) is 0 Å². The quantitative estimate of drug-likeness (QED) is 0.513. The van der Waals surface area contributed by atoms with Crippen LogP contribution in [0.15, 0.2) is 0 Å². The van der Waals surface area contributed by atoms with Crippen molar-refractivity contribution in [3.05, 3.63) is 0 Å². The molecule has 3 aliphatic rings. The Bertz CT molecular complexity index is 116. The van der Waals surface area contributed by atoms with Crippen LogP contribution in [0.1, 0.15) is 12.8 Å². The van der Waals surface area contributed by atoms with Crippen molar-refractivity contribution in [1.29, 1.82) is 0 Å². The minimum Gasteiger partial charge on any atom is -0.312 e. The van der Waals surface area contributed by atoms with Crippen molar-refractivity contribution in [3.8, 4) is 0 Å². The fourth-order valence-corrected chi connectivity index (χ4v) is 2.29. The maximum atomic E-state index is 3.39. The SMILES string of the molecule is CNC1C[N+]2CCC1CC2. The summed E-state index contributed by atoms with van der Waals surface area (Å²) in [4.78, 5) is 2.57. The fraction of sp³-hybridized carbons (Fsp3) is 1.00. The van der Waals surface area contributed by atoms with Crippen molar-refractivity contribution in [2.75, 3.05) is 26.7 Å². The minimum atomic E-state index is 0.794. The van der Waals surface area contributed by atoms with E-state index in [-0.39, 0.29) is 0 Å². The Kier molecular flexibility index (Phi) is 1.66. The molecule has 1 atom stereocenters. The van der Waals surface area contributed by atoms with Crippen LogP contribution < -0.4 is 10.2 Å². The monoisotopic (exact) mass is 140 g/mol. The minimum absolute atomic E-state index is 0.794. The van der Waals surface area contributed by atoms with E-state index >= 15 is 0 Å². The first kappa shape index (κ1) is 6.62. The van der Waals surface area contributed by atoms with Crippen molar-refractivity contribution >= 4 is 0 Å². The fourth-order valence-electron chi connectivity index (χ4n) is 2.29. The predicted octanol–water partition coefficient (Wildman–Crippen LogP) is 0.138. The van der Waals surface area contributed by atoms with Crippen molar-refractivity contribution < 1.29 is 0 Å². The largest absolute Gasteiger partial charge is 0.312 e. The van der Waals surface area contributed by atoms with Gasteiger partial charge in [0, 0.05) is 12.8 Å². The standard InChI is InChI=1S/C8H16N2/c1-9-8-6-10-4-2-7(8)3-5-10/h7-9H,2-6H2,1H3/q+1. The second kappa shape index (κ2) is 2.51. The van der Waals surface area contributed by atoms with E-state index < -0.39 is 0 Å². The molecule has 3 heterocycles. The van der Waals surface area contributed by atoms with E-state index in [1.54, 1.807) is 0 Å². The van der Waals surface area contributed by atoms with Gasteiger partial charge in [0.05, 0.1) is 6.04 Å². The molecule has 3 fully saturated rings. The van der Waals surface area contributed by atoms with Crippen molar-refractivity contribution in [2.45, 2.75) is 18.9 Å². The molecule has 3 aliphatic heterocycles. The molecule has 0 aromatic carbocycles. The van der Waals surface area contributed by atoms with Gasteiger partial charge >= 0.3 is 0 Å². The van der Waals surface area contributed by atoms with Gasteiger partial charge in [0.25, 0.3) is 0 Å². The van der Waals surface area contributed by atoms with Crippen LogP contribution in [0.25, 0.3) is 0 Å². The molecule has 1 radical (unpaired) electrons. The lowest BCUT2D eigenvalue weighted by molar-refractivity contribution is 0.144. The Morgan fingerprint density at radius 1 is 1.30 bits per heavy atom. The second-order valence-corrected chi connectivity index (χ2v) is 3.53. The van der Waals surface area contributed by atoms with Crippen LogP contribution in [0.4, 0.5) is 0 Å². The molecule has 0 saturated carbocycles. The molecule has 3 rings (SSSR count).